The van der Waals surface area contributed by atoms with Crippen LogP contribution in [0.3, 0.4) is 0 Å². The zero-order valence-corrected chi connectivity index (χ0v) is 13.8. The Hall–Kier alpha value is -2.33. The summed E-state index contributed by atoms with van der Waals surface area (Å²) in [6.07, 6.45) is 1.14. The van der Waals surface area contributed by atoms with Crippen LogP contribution in [0.2, 0.25) is 0 Å². The average Bonchev–Trinajstić information content (AvgIpc) is 2.96. The van der Waals surface area contributed by atoms with Gasteiger partial charge in [0.2, 0.25) is 5.91 Å². The topological polar surface area (TPSA) is 44.4 Å². The third kappa shape index (κ3) is 3.15. The van der Waals surface area contributed by atoms with E-state index in [1.54, 1.807) is 0 Å². The standard InChI is InChI=1S/C20H23N3O/c24-20(18-12-21-13-18)22-11-15-5-7-16(8-6-15)14-23-10-9-17-3-1-2-4-19(17)23/h1-8,18,21H,9-14H2,(H,22,24). The molecule has 4 rings (SSSR count). The molecule has 2 N–H and O–H groups in total. The summed E-state index contributed by atoms with van der Waals surface area (Å²) in [4.78, 5) is 14.3. The summed E-state index contributed by atoms with van der Waals surface area (Å²) in [6.45, 7) is 4.26. The van der Waals surface area contributed by atoms with Gasteiger partial charge in [0.05, 0.1) is 5.92 Å². The molecule has 0 saturated carbocycles. The number of fused-ring (bicyclic) bond motifs is 1. The van der Waals surface area contributed by atoms with Crippen molar-refractivity contribution in [1.29, 1.82) is 0 Å². The molecule has 0 bridgehead atoms. The van der Waals surface area contributed by atoms with Crippen molar-refractivity contribution in [3.63, 3.8) is 0 Å². The van der Waals surface area contributed by atoms with Gasteiger partial charge >= 0.3 is 0 Å². The minimum atomic E-state index is 0.152. The van der Waals surface area contributed by atoms with Crippen molar-refractivity contribution in [3.05, 3.63) is 65.2 Å². The highest BCUT2D eigenvalue weighted by Crippen LogP contribution is 2.28. The van der Waals surface area contributed by atoms with Crippen LogP contribution in [0.1, 0.15) is 16.7 Å². The van der Waals surface area contributed by atoms with E-state index < -0.39 is 0 Å². The summed E-state index contributed by atoms with van der Waals surface area (Å²) in [5.74, 6) is 0.311. The van der Waals surface area contributed by atoms with E-state index >= 15 is 0 Å². The average molecular weight is 321 g/mol. The largest absolute Gasteiger partial charge is 0.367 e. The van der Waals surface area contributed by atoms with Gasteiger partial charge in [0.1, 0.15) is 0 Å². The van der Waals surface area contributed by atoms with E-state index in [0.29, 0.717) is 6.54 Å². The van der Waals surface area contributed by atoms with Gasteiger partial charge in [0.15, 0.2) is 0 Å². The SMILES string of the molecule is O=C(NCc1ccc(CN2CCc3ccccc32)cc1)C1CNC1. The monoisotopic (exact) mass is 321 g/mol. The zero-order chi connectivity index (χ0) is 16.4. The predicted molar refractivity (Wildman–Crippen MR) is 95.8 cm³/mol. The number of hydrogen-bond acceptors (Lipinski definition) is 3. The molecule has 2 heterocycles. The van der Waals surface area contributed by atoms with Crippen LogP contribution in [0.15, 0.2) is 48.5 Å². The fourth-order valence-electron chi connectivity index (χ4n) is 3.36. The molecule has 124 valence electrons. The molecule has 0 aromatic heterocycles. The van der Waals surface area contributed by atoms with E-state index in [0.717, 1.165) is 38.2 Å². The highest BCUT2D eigenvalue weighted by atomic mass is 16.2. The van der Waals surface area contributed by atoms with Gasteiger partial charge in [-0.2, -0.15) is 0 Å². The van der Waals surface area contributed by atoms with Crippen LogP contribution in [-0.2, 0) is 24.3 Å². The number of amides is 1. The molecule has 24 heavy (non-hydrogen) atoms. The molecule has 1 amide bonds. The third-order valence-corrected chi connectivity index (χ3v) is 5.00. The van der Waals surface area contributed by atoms with Crippen LogP contribution in [-0.4, -0.2) is 25.5 Å². The minimum Gasteiger partial charge on any atom is -0.367 e. The molecule has 0 unspecified atom stereocenters. The normalized spacial score (nSPS) is 16.6. The summed E-state index contributed by atoms with van der Waals surface area (Å²) >= 11 is 0. The first-order chi connectivity index (χ1) is 11.8. The molecule has 2 aliphatic rings. The summed E-state index contributed by atoms with van der Waals surface area (Å²) in [6, 6.07) is 17.2. The van der Waals surface area contributed by atoms with Gasteiger partial charge in [0.25, 0.3) is 0 Å². The number of hydrogen-bond donors (Lipinski definition) is 2. The van der Waals surface area contributed by atoms with E-state index in [1.807, 2.05) is 0 Å². The second kappa shape index (κ2) is 6.65. The van der Waals surface area contributed by atoms with Crippen molar-refractivity contribution >= 4 is 11.6 Å². The van der Waals surface area contributed by atoms with Crippen LogP contribution in [0.4, 0.5) is 5.69 Å². The van der Waals surface area contributed by atoms with Crippen LogP contribution in [0.25, 0.3) is 0 Å². The van der Waals surface area contributed by atoms with Gasteiger partial charge in [-0.1, -0.05) is 42.5 Å². The van der Waals surface area contributed by atoms with Gasteiger partial charge in [-0.3, -0.25) is 4.79 Å². The maximum atomic E-state index is 11.9. The number of nitrogens with one attached hydrogen (secondary N) is 2. The highest BCUT2D eigenvalue weighted by Gasteiger charge is 2.24. The molecule has 2 aliphatic heterocycles. The number of para-hydroxylation sites is 1. The molecule has 4 nitrogen and oxygen atoms in total. The van der Waals surface area contributed by atoms with Gasteiger partial charge < -0.3 is 15.5 Å². The first kappa shape index (κ1) is 15.2. The first-order valence-corrected chi connectivity index (χ1v) is 8.69. The summed E-state index contributed by atoms with van der Waals surface area (Å²) < 4.78 is 0. The molecular weight excluding hydrogens is 298 g/mol. The number of carbonyl (C=O) groups is 1. The lowest BCUT2D eigenvalue weighted by Gasteiger charge is -2.25. The molecule has 1 saturated heterocycles. The molecule has 2 aromatic carbocycles. The lowest BCUT2D eigenvalue weighted by molar-refractivity contribution is -0.126. The summed E-state index contributed by atoms with van der Waals surface area (Å²) in [7, 11) is 0. The quantitative estimate of drug-likeness (QED) is 0.886. The predicted octanol–water partition coefficient (Wildman–Crippen LogP) is 2.08. The molecule has 0 radical (unpaired) electrons. The molecular formula is C20H23N3O. The van der Waals surface area contributed by atoms with E-state index in [1.165, 1.54) is 16.8 Å². The van der Waals surface area contributed by atoms with Crippen molar-refractivity contribution in [2.75, 3.05) is 24.5 Å². The van der Waals surface area contributed by atoms with Crippen LogP contribution >= 0.6 is 0 Å². The van der Waals surface area contributed by atoms with E-state index in [-0.39, 0.29) is 11.8 Å². The van der Waals surface area contributed by atoms with Crippen LogP contribution in [0, 0.1) is 5.92 Å². The second-order valence-electron chi connectivity index (χ2n) is 6.69. The Morgan fingerprint density at radius 2 is 1.83 bits per heavy atom. The molecule has 0 atom stereocenters. The summed E-state index contributed by atoms with van der Waals surface area (Å²) in [5.41, 5.74) is 5.27. The van der Waals surface area contributed by atoms with Gasteiger partial charge in [-0.25, -0.2) is 0 Å². The van der Waals surface area contributed by atoms with Crippen molar-refractivity contribution in [3.8, 4) is 0 Å². The first-order valence-electron chi connectivity index (χ1n) is 8.69. The Balaban J connectivity index is 1.33. The molecule has 0 spiro atoms. The second-order valence-corrected chi connectivity index (χ2v) is 6.69. The van der Waals surface area contributed by atoms with Crippen molar-refractivity contribution in [2.45, 2.75) is 19.5 Å². The highest BCUT2D eigenvalue weighted by molar-refractivity contribution is 5.79. The smallest absolute Gasteiger partial charge is 0.225 e. The Labute approximate surface area is 142 Å². The van der Waals surface area contributed by atoms with Gasteiger partial charge in [-0.15, -0.1) is 0 Å². The Morgan fingerprint density at radius 3 is 2.58 bits per heavy atom. The number of carbonyl (C=O) groups excluding carboxylic acids is 1. The van der Waals surface area contributed by atoms with E-state index in [2.05, 4.69) is 64.1 Å². The number of anilines is 1. The Kier molecular flexibility index (Phi) is 4.22. The van der Waals surface area contributed by atoms with Crippen LogP contribution in [0.5, 0.6) is 0 Å². The van der Waals surface area contributed by atoms with Gasteiger partial charge in [-0.05, 0) is 29.2 Å². The zero-order valence-electron chi connectivity index (χ0n) is 13.8. The van der Waals surface area contributed by atoms with Crippen LogP contribution < -0.4 is 15.5 Å². The molecule has 1 fully saturated rings. The minimum absolute atomic E-state index is 0.152. The maximum Gasteiger partial charge on any atom is 0.225 e. The van der Waals surface area contributed by atoms with Gasteiger partial charge in [0, 0.05) is 38.4 Å². The lowest BCUT2D eigenvalue weighted by atomic mass is 10.0. The fourth-order valence-corrected chi connectivity index (χ4v) is 3.36. The van der Waals surface area contributed by atoms with E-state index in [4.69, 9.17) is 0 Å². The van der Waals surface area contributed by atoms with Crippen molar-refractivity contribution < 1.29 is 4.79 Å². The number of nitrogens with zero attached hydrogens (tertiary/aromatic N) is 1. The summed E-state index contributed by atoms with van der Waals surface area (Å²) in [5, 5.41) is 6.14. The molecule has 2 aromatic rings. The Bertz CT molecular complexity index is 722. The van der Waals surface area contributed by atoms with E-state index in [9.17, 15) is 4.79 Å². The number of rotatable bonds is 5. The molecule has 0 aliphatic carbocycles. The third-order valence-electron chi connectivity index (χ3n) is 5.00. The molecule has 4 heteroatoms. The lowest BCUT2D eigenvalue weighted by Crippen LogP contribution is -2.50. The van der Waals surface area contributed by atoms with Crippen molar-refractivity contribution in [1.82, 2.24) is 10.6 Å². The van der Waals surface area contributed by atoms with Crippen molar-refractivity contribution in [2.24, 2.45) is 5.92 Å². The maximum absolute atomic E-state index is 11.9. The Morgan fingerprint density at radius 1 is 1.08 bits per heavy atom. The fraction of sp³-hybridized carbons (Fsp3) is 0.350. The number of benzene rings is 2.